The number of rotatable bonds is 5. The largest absolute Gasteiger partial charge is 0.356 e. The molecule has 0 amide bonds. The van der Waals surface area contributed by atoms with Crippen LogP contribution >= 0.6 is 11.6 Å². The van der Waals surface area contributed by atoms with Crippen molar-refractivity contribution in [2.75, 3.05) is 0 Å². The minimum absolute atomic E-state index is 0.210. The number of carbonyl (C=O) groups excluding carboxylic acids is 1. The number of nitrogens with zero attached hydrogens (tertiary/aromatic N) is 2. The Hall–Kier alpha value is -1.65. The van der Waals surface area contributed by atoms with Gasteiger partial charge in [0.05, 0.1) is 12.8 Å². The molecular weight excluding hydrogens is 240 g/mol. The zero-order valence-corrected chi connectivity index (χ0v) is 9.80. The first-order chi connectivity index (χ1) is 8.31. The van der Waals surface area contributed by atoms with Gasteiger partial charge >= 0.3 is 0 Å². The van der Waals surface area contributed by atoms with Crippen molar-refractivity contribution in [1.29, 1.82) is 0 Å². The summed E-state index contributed by atoms with van der Waals surface area (Å²) >= 11 is 5.82. The molecule has 0 saturated heterocycles. The third kappa shape index (κ3) is 2.93. The van der Waals surface area contributed by atoms with Gasteiger partial charge in [0.25, 0.3) is 0 Å². The Labute approximate surface area is 104 Å². The van der Waals surface area contributed by atoms with Crippen LogP contribution in [0.15, 0.2) is 36.5 Å². The smallest absolute Gasteiger partial charge is 0.205 e. The number of ether oxygens (including phenoxy) is 1. The second-order valence-electron chi connectivity index (χ2n) is 3.46. The van der Waals surface area contributed by atoms with Crippen LogP contribution < -0.4 is 0 Å². The summed E-state index contributed by atoms with van der Waals surface area (Å²) in [5.41, 5.74) is 1.47. The van der Waals surface area contributed by atoms with Crippen molar-refractivity contribution in [1.82, 2.24) is 9.55 Å². The van der Waals surface area contributed by atoms with Crippen LogP contribution in [0.1, 0.15) is 16.1 Å². The van der Waals surface area contributed by atoms with Crippen molar-refractivity contribution in [2.24, 2.45) is 0 Å². The van der Waals surface area contributed by atoms with E-state index < -0.39 is 0 Å². The van der Waals surface area contributed by atoms with E-state index in [4.69, 9.17) is 16.3 Å². The minimum atomic E-state index is 0.210. The van der Waals surface area contributed by atoms with Crippen LogP contribution in [-0.2, 0) is 18.1 Å². The van der Waals surface area contributed by atoms with Gasteiger partial charge < -0.3 is 4.74 Å². The number of halogens is 1. The fourth-order valence-electron chi connectivity index (χ4n) is 1.42. The van der Waals surface area contributed by atoms with Crippen LogP contribution in [0.2, 0.25) is 5.28 Å². The molecule has 0 radical (unpaired) electrons. The molecule has 1 aromatic carbocycles. The van der Waals surface area contributed by atoms with Gasteiger partial charge in [-0.15, -0.1) is 0 Å². The topological polar surface area (TPSA) is 44.1 Å². The molecule has 5 heteroatoms. The molecule has 0 saturated carbocycles. The molecule has 2 rings (SSSR count). The van der Waals surface area contributed by atoms with Crippen molar-refractivity contribution in [2.45, 2.75) is 13.3 Å². The van der Waals surface area contributed by atoms with Gasteiger partial charge in [0.2, 0.25) is 5.28 Å². The average molecular weight is 251 g/mol. The normalized spacial score (nSPS) is 10.4. The molecule has 0 bridgehead atoms. The number of hydrogen-bond donors (Lipinski definition) is 0. The summed E-state index contributed by atoms with van der Waals surface area (Å²) in [5, 5.41) is 0.250. The number of benzene rings is 1. The molecule has 0 aliphatic rings. The molecule has 0 atom stereocenters. The van der Waals surface area contributed by atoms with Gasteiger partial charge in [0.15, 0.2) is 6.29 Å². The summed E-state index contributed by atoms with van der Waals surface area (Å²) in [6, 6.07) is 9.77. The van der Waals surface area contributed by atoms with E-state index in [1.54, 1.807) is 0 Å². The molecule has 4 nitrogen and oxygen atoms in total. The Balaban J connectivity index is 1.94. The highest BCUT2D eigenvalue weighted by atomic mass is 35.5. The number of hydrogen-bond acceptors (Lipinski definition) is 3. The Morgan fingerprint density at radius 3 is 2.82 bits per heavy atom. The first-order valence-corrected chi connectivity index (χ1v) is 5.47. The third-order valence-corrected chi connectivity index (χ3v) is 2.59. The lowest BCUT2D eigenvalue weighted by molar-refractivity contribution is 0.0622. The lowest BCUT2D eigenvalue weighted by atomic mass is 10.2. The maximum Gasteiger partial charge on any atom is 0.205 e. The van der Waals surface area contributed by atoms with Crippen LogP contribution in [0.4, 0.5) is 0 Å². The fourth-order valence-corrected chi connectivity index (χ4v) is 1.61. The van der Waals surface area contributed by atoms with Crippen LogP contribution in [-0.4, -0.2) is 15.8 Å². The Kier molecular flexibility index (Phi) is 3.90. The standard InChI is InChI=1S/C12H11ClN2O2/c13-12-14-6-11(7-16)15(12)9-17-8-10-4-2-1-3-5-10/h1-7H,8-9H2. The summed E-state index contributed by atoms with van der Waals surface area (Å²) < 4.78 is 6.98. The van der Waals surface area contributed by atoms with Gasteiger partial charge in [-0.3, -0.25) is 9.36 Å². The second kappa shape index (κ2) is 5.61. The lowest BCUT2D eigenvalue weighted by Gasteiger charge is -2.07. The van der Waals surface area contributed by atoms with Gasteiger partial charge in [-0.1, -0.05) is 30.3 Å². The summed E-state index contributed by atoms with van der Waals surface area (Å²) in [5.74, 6) is 0. The van der Waals surface area contributed by atoms with Crippen LogP contribution in [0.3, 0.4) is 0 Å². The second-order valence-corrected chi connectivity index (χ2v) is 3.80. The van der Waals surface area contributed by atoms with Gasteiger partial charge in [-0.2, -0.15) is 0 Å². The fraction of sp³-hybridized carbons (Fsp3) is 0.167. The SMILES string of the molecule is O=Cc1cnc(Cl)n1COCc1ccccc1. The van der Waals surface area contributed by atoms with Gasteiger partial charge in [-0.05, 0) is 17.2 Å². The minimum Gasteiger partial charge on any atom is -0.356 e. The third-order valence-electron chi connectivity index (χ3n) is 2.29. The van der Waals surface area contributed by atoms with E-state index in [2.05, 4.69) is 4.98 Å². The van der Waals surface area contributed by atoms with Gasteiger partial charge in [0, 0.05) is 0 Å². The molecule has 88 valence electrons. The first-order valence-electron chi connectivity index (χ1n) is 5.09. The number of imidazole rings is 1. The van der Waals surface area contributed by atoms with E-state index in [0.29, 0.717) is 18.6 Å². The summed E-state index contributed by atoms with van der Waals surface area (Å²) in [6.45, 7) is 0.676. The van der Waals surface area contributed by atoms with Crippen molar-refractivity contribution < 1.29 is 9.53 Å². The predicted octanol–water partition coefficient (Wildman–Crippen LogP) is 2.52. The van der Waals surface area contributed by atoms with Gasteiger partial charge in [-0.25, -0.2) is 4.98 Å². The molecule has 0 aliphatic carbocycles. The molecule has 1 aromatic heterocycles. The highest BCUT2D eigenvalue weighted by molar-refractivity contribution is 6.28. The van der Waals surface area contributed by atoms with Crippen molar-refractivity contribution in [3.8, 4) is 0 Å². The average Bonchev–Trinajstić information content (AvgIpc) is 2.72. The Morgan fingerprint density at radius 2 is 2.12 bits per heavy atom. The zero-order chi connectivity index (χ0) is 12.1. The molecular formula is C12H11ClN2O2. The van der Waals surface area contributed by atoms with E-state index in [9.17, 15) is 4.79 Å². The highest BCUT2D eigenvalue weighted by Gasteiger charge is 2.06. The summed E-state index contributed by atoms with van der Waals surface area (Å²) in [7, 11) is 0. The van der Waals surface area contributed by atoms with Crippen molar-refractivity contribution >= 4 is 17.9 Å². The van der Waals surface area contributed by atoms with Crippen molar-refractivity contribution in [3.63, 3.8) is 0 Å². The molecule has 0 spiro atoms. The summed E-state index contributed by atoms with van der Waals surface area (Å²) in [4.78, 5) is 14.5. The monoisotopic (exact) mass is 250 g/mol. The van der Waals surface area contributed by atoms with Crippen LogP contribution in [0.5, 0.6) is 0 Å². The van der Waals surface area contributed by atoms with Crippen molar-refractivity contribution in [3.05, 3.63) is 53.1 Å². The molecule has 0 N–H and O–H groups in total. The maximum absolute atomic E-state index is 10.7. The highest BCUT2D eigenvalue weighted by Crippen LogP contribution is 2.10. The Morgan fingerprint density at radius 1 is 1.35 bits per heavy atom. The molecule has 2 aromatic rings. The maximum atomic E-state index is 10.7. The summed E-state index contributed by atoms with van der Waals surface area (Å²) in [6.07, 6.45) is 2.12. The lowest BCUT2D eigenvalue weighted by Crippen LogP contribution is -2.06. The predicted molar refractivity (Wildman–Crippen MR) is 63.9 cm³/mol. The van der Waals surface area contributed by atoms with E-state index in [1.807, 2.05) is 30.3 Å². The van der Waals surface area contributed by atoms with E-state index in [1.165, 1.54) is 10.8 Å². The van der Waals surface area contributed by atoms with E-state index in [-0.39, 0.29) is 12.0 Å². The van der Waals surface area contributed by atoms with Crippen LogP contribution in [0, 0.1) is 0 Å². The first kappa shape index (κ1) is 11.8. The number of carbonyl (C=O) groups is 1. The number of aldehydes is 1. The Bertz CT molecular complexity index is 496. The zero-order valence-electron chi connectivity index (χ0n) is 9.04. The molecule has 0 fully saturated rings. The quantitative estimate of drug-likeness (QED) is 0.766. The van der Waals surface area contributed by atoms with E-state index in [0.717, 1.165) is 5.56 Å². The molecule has 0 unspecified atom stereocenters. The molecule has 0 aliphatic heterocycles. The number of aromatic nitrogens is 2. The molecule has 17 heavy (non-hydrogen) atoms. The van der Waals surface area contributed by atoms with E-state index >= 15 is 0 Å². The van der Waals surface area contributed by atoms with Crippen LogP contribution in [0.25, 0.3) is 0 Å². The molecule has 1 heterocycles. The van der Waals surface area contributed by atoms with Gasteiger partial charge in [0.1, 0.15) is 12.4 Å².